The van der Waals surface area contributed by atoms with E-state index in [1.165, 1.54) is 5.56 Å². The van der Waals surface area contributed by atoms with Crippen LogP contribution >= 0.6 is 23.4 Å². The molecule has 3 aliphatic heterocycles. The number of aromatic nitrogens is 3. The van der Waals surface area contributed by atoms with Gasteiger partial charge in [-0.15, -0.1) is 0 Å². The Kier molecular flexibility index (Phi) is 4.70. The Morgan fingerprint density at radius 1 is 1.16 bits per heavy atom. The molecule has 0 saturated carbocycles. The highest BCUT2D eigenvalue weighted by Crippen LogP contribution is 2.41. The third-order valence-corrected chi connectivity index (χ3v) is 8.32. The van der Waals surface area contributed by atoms with E-state index in [-0.39, 0.29) is 30.3 Å². The third-order valence-electron chi connectivity index (χ3n) is 6.35. The molecular formula is C22H22ClN3O4S. The molecule has 2 N–H and O–H groups in total. The number of benzene rings is 1. The first kappa shape index (κ1) is 19.8. The zero-order chi connectivity index (χ0) is 21.2. The van der Waals surface area contributed by atoms with Crippen LogP contribution in [0.1, 0.15) is 12.5 Å². The average Bonchev–Trinajstić information content (AvgIpc) is 3.43. The fraction of sp³-hybridized carbons (Fsp3) is 0.455. The van der Waals surface area contributed by atoms with Gasteiger partial charge >= 0.3 is 0 Å². The highest BCUT2D eigenvalue weighted by molar-refractivity contribution is 8.00. The molecule has 0 bridgehead atoms. The molecule has 6 rings (SSSR count). The molecule has 31 heavy (non-hydrogen) atoms. The molecule has 0 aliphatic carbocycles. The fourth-order valence-electron chi connectivity index (χ4n) is 4.45. The van der Waals surface area contributed by atoms with Gasteiger partial charge in [-0.2, -0.15) is 16.7 Å². The molecule has 2 aromatic heterocycles. The number of aliphatic hydroxyl groups is 1. The van der Waals surface area contributed by atoms with Crippen LogP contribution in [0, 0.1) is 0 Å². The van der Waals surface area contributed by atoms with Crippen molar-refractivity contribution in [1.82, 2.24) is 15.0 Å². The molecule has 0 spiro atoms. The lowest BCUT2D eigenvalue weighted by molar-refractivity contribution is 0.00706. The van der Waals surface area contributed by atoms with Gasteiger partial charge in [-0.3, -0.25) is 0 Å². The lowest BCUT2D eigenvalue weighted by atomic mass is 9.85. The van der Waals surface area contributed by atoms with E-state index in [1.807, 2.05) is 17.8 Å². The first-order valence-corrected chi connectivity index (χ1v) is 11.9. The number of halogens is 1. The van der Waals surface area contributed by atoms with Crippen molar-refractivity contribution in [1.29, 1.82) is 0 Å². The molecular weight excluding hydrogens is 438 g/mol. The van der Waals surface area contributed by atoms with Crippen molar-refractivity contribution in [2.24, 2.45) is 0 Å². The second-order valence-electron chi connectivity index (χ2n) is 8.68. The van der Waals surface area contributed by atoms with Gasteiger partial charge in [0.2, 0.25) is 0 Å². The largest absolute Gasteiger partial charge is 0.456 e. The molecule has 0 radical (unpaired) electrons. The van der Waals surface area contributed by atoms with E-state index in [4.69, 9.17) is 25.8 Å². The number of ether oxygens (including phenoxy) is 3. The van der Waals surface area contributed by atoms with Crippen LogP contribution in [0.5, 0.6) is 6.01 Å². The number of thioether (sulfide) groups is 1. The molecule has 5 heterocycles. The maximum atomic E-state index is 9.89. The highest BCUT2D eigenvalue weighted by Gasteiger charge is 2.48. The van der Waals surface area contributed by atoms with Crippen molar-refractivity contribution in [2.75, 3.05) is 24.7 Å². The second kappa shape index (κ2) is 7.35. The van der Waals surface area contributed by atoms with Crippen LogP contribution in [0.2, 0.25) is 5.02 Å². The lowest BCUT2D eigenvalue weighted by Crippen LogP contribution is -2.36. The van der Waals surface area contributed by atoms with Gasteiger partial charge in [0.05, 0.1) is 29.4 Å². The Morgan fingerprint density at radius 2 is 1.94 bits per heavy atom. The summed E-state index contributed by atoms with van der Waals surface area (Å²) in [6, 6.07) is 10.6. The summed E-state index contributed by atoms with van der Waals surface area (Å²) in [5, 5.41) is 10.4. The smallest absolute Gasteiger partial charge is 0.296 e. The van der Waals surface area contributed by atoms with E-state index in [9.17, 15) is 5.11 Å². The van der Waals surface area contributed by atoms with Crippen molar-refractivity contribution in [3.8, 4) is 17.3 Å². The third kappa shape index (κ3) is 3.32. The highest BCUT2D eigenvalue weighted by atomic mass is 35.5. The number of nitrogens with one attached hydrogen (secondary N) is 1. The van der Waals surface area contributed by atoms with Gasteiger partial charge in [0.1, 0.15) is 18.3 Å². The number of fused-ring (bicyclic) bond motifs is 2. The van der Waals surface area contributed by atoms with Crippen LogP contribution < -0.4 is 4.74 Å². The SMILES string of the molecule is CC1(c2ccc(-c3nc4nc(O[C@@H]5CO[C@@H]6C(O)CO[C@@H]65)[nH]c4cc3Cl)cc2)CSC1. The Morgan fingerprint density at radius 3 is 2.68 bits per heavy atom. The molecule has 7 nitrogen and oxygen atoms in total. The van der Waals surface area contributed by atoms with Crippen molar-refractivity contribution in [3.63, 3.8) is 0 Å². The van der Waals surface area contributed by atoms with Crippen molar-refractivity contribution in [2.45, 2.75) is 36.8 Å². The minimum atomic E-state index is -0.616. The number of H-pyrrole nitrogens is 1. The molecule has 162 valence electrons. The summed E-state index contributed by atoms with van der Waals surface area (Å²) in [4.78, 5) is 12.3. The quantitative estimate of drug-likeness (QED) is 0.619. The summed E-state index contributed by atoms with van der Waals surface area (Å²) in [6.07, 6.45) is -1.60. The summed E-state index contributed by atoms with van der Waals surface area (Å²) >= 11 is 8.53. The Hall–Kier alpha value is -1.84. The van der Waals surface area contributed by atoms with Gasteiger partial charge in [0, 0.05) is 22.5 Å². The van der Waals surface area contributed by atoms with E-state index < -0.39 is 6.10 Å². The molecule has 4 atom stereocenters. The van der Waals surface area contributed by atoms with Crippen molar-refractivity contribution < 1.29 is 19.3 Å². The van der Waals surface area contributed by atoms with Crippen molar-refractivity contribution in [3.05, 3.63) is 40.9 Å². The van der Waals surface area contributed by atoms with Crippen LogP contribution in [0.15, 0.2) is 30.3 Å². The molecule has 1 aromatic carbocycles. The summed E-state index contributed by atoms with van der Waals surface area (Å²) in [5.41, 5.74) is 4.49. The van der Waals surface area contributed by atoms with E-state index in [0.29, 0.717) is 34.5 Å². The lowest BCUT2D eigenvalue weighted by Gasteiger charge is -2.38. The van der Waals surface area contributed by atoms with Crippen LogP contribution in [-0.4, -0.2) is 69.2 Å². The molecule has 3 saturated heterocycles. The predicted octanol–water partition coefficient (Wildman–Crippen LogP) is 3.19. The van der Waals surface area contributed by atoms with Gasteiger partial charge < -0.3 is 24.3 Å². The van der Waals surface area contributed by atoms with E-state index in [1.54, 1.807) is 0 Å². The molecule has 1 unspecified atom stereocenters. The molecule has 9 heteroatoms. The normalized spacial score (nSPS) is 29.1. The minimum Gasteiger partial charge on any atom is -0.456 e. The van der Waals surface area contributed by atoms with E-state index >= 15 is 0 Å². The average molecular weight is 460 g/mol. The standard InChI is InChI=1S/C22H22ClN3O4S/c1-22(9-31-10-22)12-4-2-11(3-5-12)17-13(23)6-14-20(25-17)26-21(24-14)30-16-8-29-18-15(27)7-28-19(16)18/h2-6,15-16,18-19,27H,7-10H2,1H3,(H,24,25,26)/t15?,16-,18-,19-/m1/s1. The van der Waals surface area contributed by atoms with Gasteiger partial charge in [-0.1, -0.05) is 42.8 Å². The molecule has 3 aromatic rings. The number of nitrogens with zero attached hydrogens (tertiary/aromatic N) is 2. The predicted molar refractivity (Wildman–Crippen MR) is 119 cm³/mol. The van der Waals surface area contributed by atoms with Crippen LogP contribution in [-0.2, 0) is 14.9 Å². The number of aromatic amines is 1. The van der Waals surface area contributed by atoms with Gasteiger partial charge in [0.25, 0.3) is 6.01 Å². The van der Waals surface area contributed by atoms with Gasteiger partial charge in [-0.05, 0) is 11.6 Å². The maximum absolute atomic E-state index is 9.89. The Balaban J connectivity index is 1.26. The number of hydrogen-bond acceptors (Lipinski definition) is 7. The molecule has 3 fully saturated rings. The first-order chi connectivity index (χ1) is 15.0. The summed E-state index contributed by atoms with van der Waals surface area (Å²) < 4.78 is 17.2. The Bertz CT molecular complexity index is 1130. The summed E-state index contributed by atoms with van der Waals surface area (Å²) in [7, 11) is 0. The first-order valence-electron chi connectivity index (χ1n) is 10.3. The number of imidazole rings is 1. The number of rotatable bonds is 4. The van der Waals surface area contributed by atoms with E-state index in [0.717, 1.165) is 17.1 Å². The zero-order valence-corrected chi connectivity index (χ0v) is 18.4. The summed E-state index contributed by atoms with van der Waals surface area (Å²) in [5.74, 6) is 2.32. The minimum absolute atomic E-state index is 0.257. The topological polar surface area (TPSA) is 89.5 Å². The number of hydrogen-bond donors (Lipinski definition) is 2. The molecule has 0 amide bonds. The zero-order valence-electron chi connectivity index (χ0n) is 16.9. The second-order valence-corrected chi connectivity index (χ2v) is 10.1. The van der Waals surface area contributed by atoms with Crippen LogP contribution in [0.4, 0.5) is 0 Å². The summed E-state index contributed by atoms with van der Waals surface area (Å²) in [6.45, 7) is 2.90. The molecule has 3 aliphatic rings. The monoisotopic (exact) mass is 459 g/mol. The van der Waals surface area contributed by atoms with Gasteiger partial charge in [0.15, 0.2) is 11.8 Å². The van der Waals surface area contributed by atoms with Crippen molar-refractivity contribution >= 4 is 34.5 Å². The van der Waals surface area contributed by atoms with E-state index in [2.05, 4.69) is 46.1 Å². The number of pyridine rings is 1. The van der Waals surface area contributed by atoms with Crippen LogP contribution in [0.25, 0.3) is 22.4 Å². The number of aliphatic hydroxyl groups excluding tert-OH is 1. The van der Waals surface area contributed by atoms with Crippen LogP contribution in [0.3, 0.4) is 0 Å². The Labute approximate surface area is 188 Å². The van der Waals surface area contributed by atoms with Gasteiger partial charge in [-0.25, -0.2) is 4.98 Å². The fourth-order valence-corrected chi connectivity index (χ4v) is 5.86. The maximum Gasteiger partial charge on any atom is 0.296 e.